The number of nitrogens with one attached hydrogen (secondary N) is 1. The summed E-state index contributed by atoms with van der Waals surface area (Å²) in [5.41, 5.74) is 2.18. The number of amides is 2. The number of rotatable bonds is 9. The van der Waals surface area contributed by atoms with Crippen molar-refractivity contribution < 1.29 is 18.0 Å². The first-order valence-electron chi connectivity index (χ1n) is 11.8. The Kier molecular flexibility index (Phi) is 8.72. The van der Waals surface area contributed by atoms with Gasteiger partial charge in [-0.2, -0.15) is 0 Å². The molecule has 1 saturated carbocycles. The zero-order valence-electron chi connectivity index (χ0n) is 20.2. The molecule has 1 aliphatic rings. The molecule has 7 nitrogen and oxygen atoms in total. The molecule has 0 unspecified atom stereocenters. The number of benzene rings is 2. The molecular formula is C26H35N3O4S. The molecular weight excluding hydrogens is 450 g/mol. The van der Waals surface area contributed by atoms with E-state index in [0.717, 1.165) is 47.4 Å². The SMILES string of the molecule is Cc1cccc(N(CC(=O)N(Cc2ccccc2)[C@@H](C)C(=O)NC2CCCCC2)S(C)(=O)=O)c1. The summed E-state index contributed by atoms with van der Waals surface area (Å²) < 4.78 is 26.3. The number of carbonyl (C=O) groups is 2. The van der Waals surface area contributed by atoms with Crippen LogP contribution in [-0.4, -0.2) is 50.0 Å². The highest BCUT2D eigenvalue weighted by molar-refractivity contribution is 7.92. The first-order chi connectivity index (χ1) is 16.1. The lowest BCUT2D eigenvalue weighted by atomic mass is 9.95. The molecule has 1 atom stereocenters. The Labute approximate surface area is 203 Å². The van der Waals surface area contributed by atoms with Crippen molar-refractivity contribution in [3.8, 4) is 0 Å². The Morgan fingerprint density at radius 2 is 1.71 bits per heavy atom. The first kappa shape index (κ1) is 25.7. The van der Waals surface area contributed by atoms with Gasteiger partial charge in [0.15, 0.2) is 0 Å². The van der Waals surface area contributed by atoms with Crippen LogP contribution in [-0.2, 0) is 26.2 Å². The first-order valence-corrected chi connectivity index (χ1v) is 13.7. The molecule has 0 aromatic heterocycles. The molecule has 1 N–H and O–H groups in total. The monoisotopic (exact) mass is 485 g/mol. The van der Waals surface area contributed by atoms with Crippen molar-refractivity contribution in [1.29, 1.82) is 0 Å². The molecule has 2 aromatic carbocycles. The van der Waals surface area contributed by atoms with Crippen LogP contribution in [0, 0.1) is 6.92 Å². The van der Waals surface area contributed by atoms with Gasteiger partial charge in [0, 0.05) is 12.6 Å². The van der Waals surface area contributed by atoms with Gasteiger partial charge in [0.05, 0.1) is 11.9 Å². The second-order valence-corrected chi connectivity index (χ2v) is 11.0. The Hall–Kier alpha value is -2.87. The molecule has 2 aromatic rings. The van der Waals surface area contributed by atoms with Gasteiger partial charge >= 0.3 is 0 Å². The largest absolute Gasteiger partial charge is 0.352 e. The van der Waals surface area contributed by atoms with Crippen LogP contribution in [0.2, 0.25) is 0 Å². The van der Waals surface area contributed by atoms with Gasteiger partial charge in [-0.1, -0.05) is 61.7 Å². The van der Waals surface area contributed by atoms with Crippen LogP contribution >= 0.6 is 0 Å². The highest BCUT2D eigenvalue weighted by Crippen LogP contribution is 2.21. The number of hydrogen-bond donors (Lipinski definition) is 1. The fraction of sp³-hybridized carbons (Fsp3) is 0.462. The second kappa shape index (κ2) is 11.5. The summed E-state index contributed by atoms with van der Waals surface area (Å²) in [6.45, 7) is 3.40. The van der Waals surface area contributed by atoms with E-state index < -0.39 is 22.0 Å². The van der Waals surface area contributed by atoms with E-state index in [1.165, 1.54) is 11.3 Å². The van der Waals surface area contributed by atoms with E-state index in [-0.39, 0.29) is 25.0 Å². The van der Waals surface area contributed by atoms with Crippen LogP contribution in [0.15, 0.2) is 54.6 Å². The third-order valence-electron chi connectivity index (χ3n) is 6.28. The number of sulfonamides is 1. The van der Waals surface area contributed by atoms with Crippen molar-refractivity contribution in [2.24, 2.45) is 0 Å². The van der Waals surface area contributed by atoms with Gasteiger partial charge in [-0.05, 0) is 49.9 Å². The highest BCUT2D eigenvalue weighted by atomic mass is 32.2. The van der Waals surface area contributed by atoms with Crippen molar-refractivity contribution in [1.82, 2.24) is 10.2 Å². The maximum atomic E-state index is 13.5. The predicted octanol–water partition coefficient (Wildman–Crippen LogP) is 3.63. The lowest BCUT2D eigenvalue weighted by Gasteiger charge is -2.33. The Balaban J connectivity index is 1.84. The van der Waals surface area contributed by atoms with Crippen LogP contribution in [0.3, 0.4) is 0 Å². The predicted molar refractivity (Wildman–Crippen MR) is 135 cm³/mol. The zero-order chi connectivity index (χ0) is 24.7. The number of aryl methyl sites for hydroxylation is 1. The quantitative estimate of drug-likeness (QED) is 0.588. The Morgan fingerprint density at radius 1 is 1.03 bits per heavy atom. The number of hydrogen-bond acceptors (Lipinski definition) is 4. The standard InChI is InChI=1S/C26H35N3O4S/c1-20-11-10-16-24(17-20)29(34(3,32)33)19-25(30)28(18-22-12-6-4-7-13-22)21(2)26(31)27-23-14-8-5-9-15-23/h4,6-7,10-13,16-17,21,23H,5,8-9,14-15,18-19H2,1-3H3,(H,27,31)/t21-/m0/s1. The molecule has 0 heterocycles. The smallest absolute Gasteiger partial charge is 0.244 e. The van der Waals surface area contributed by atoms with Crippen molar-refractivity contribution in [2.75, 3.05) is 17.1 Å². The maximum absolute atomic E-state index is 13.5. The fourth-order valence-electron chi connectivity index (χ4n) is 4.33. The van der Waals surface area contributed by atoms with Gasteiger partial charge in [-0.25, -0.2) is 8.42 Å². The molecule has 0 bridgehead atoms. The summed E-state index contributed by atoms with van der Waals surface area (Å²) >= 11 is 0. The third-order valence-corrected chi connectivity index (χ3v) is 7.42. The maximum Gasteiger partial charge on any atom is 0.244 e. The zero-order valence-corrected chi connectivity index (χ0v) is 21.1. The van der Waals surface area contributed by atoms with E-state index in [4.69, 9.17) is 0 Å². The molecule has 1 aliphatic carbocycles. The molecule has 34 heavy (non-hydrogen) atoms. The molecule has 1 fully saturated rings. The molecule has 2 amide bonds. The average Bonchev–Trinajstić information content (AvgIpc) is 2.81. The summed E-state index contributed by atoms with van der Waals surface area (Å²) in [5, 5.41) is 3.10. The van der Waals surface area contributed by atoms with Crippen molar-refractivity contribution in [2.45, 2.75) is 64.6 Å². The molecule has 0 spiro atoms. The third kappa shape index (κ3) is 7.06. The van der Waals surface area contributed by atoms with E-state index in [1.807, 2.05) is 43.3 Å². The molecule has 0 aliphatic heterocycles. The van der Waals surface area contributed by atoms with Gasteiger partial charge < -0.3 is 10.2 Å². The molecule has 0 saturated heterocycles. The van der Waals surface area contributed by atoms with E-state index in [0.29, 0.717) is 5.69 Å². The highest BCUT2D eigenvalue weighted by Gasteiger charge is 2.31. The van der Waals surface area contributed by atoms with E-state index in [1.54, 1.807) is 25.1 Å². The van der Waals surface area contributed by atoms with Gasteiger partial charge in [0.2, 0.25) is 21.8 Å². The average molecular weight is 486 g/mol. The second-order valence-electron chi connectivity index (χ2n) is 9.14. The van der Waals surface area contributed by atoms with Crippen LogP contribution in [0.5, 0.6) is 0 Å². The van der Waals surface area contributed by atoms with Crippen molar-refractivity contribution in [3.05, 3.63) is 65.7 Å². The summed E-state index contributed by atoms with van der Waals surface area (Å²) in [6, 6.07) is 15.8. The topological polar surface area (TPSA) is 86.8 Å². The van der Waals surface area contributed by atoms with Crippen LogP contribution < -0.4 is 9.62 Å². The van der Waals surface area contributed by atoms with Crippen LogP contribution in [0.1, 0.15) is 50.2 Å². The fourth-order valence-corrected chi connectivity index (χ4v) is 5.17. The van der Waals surface area contributed by atoms with Crippen molar-refractivity contribution >= 4 is 27.5 Å². The molecule has 184 valence electrons. The van der Waals surface area contributed by atoms with Gasteiger partial charge in [-0.3, -0.25) is 13.9 Å². The normalized spacial score (nSPS) is 15.4. The van der Waals surface area contributed by atoms with Gasteiger partial charge in [0.25, 0.3) is 0 Å². The van der Waals surface area contributed by atoms with E-state index in [9.17, 15) is 18.0 Å². The summed E-state index contributed by atoms with van der Waals surface area (Å²) in [6.07, 6.45) is 6.34. The molecule has 3 rings (SSSR count). The van der Waals surface area contributed by atoms with Crippen molar-refractivity contribution in [3.63, 3.8) is 0 Å². The van der Waals surface area contributed by atoms with E-state index >= 15 is 0 Å². The molecule has 0 radical (unpaired) electrons. The number of nitrogens with zero attached hydrogens (tertiary/aromatic N) is 2. The van der Waals surface area contributed by atoms with Crippen LogP contribution in [0.4, 0.5) is 5.69 Å². The number of anilines is 1. The number of carbonyl (C=O) groups excluding carboxylic acids is 2. The lowest BCUT2D eigenvalue weighted by molar-refractivity contribution is -0.139. The lowest BCUT2D eigenvalue weighted by Crippen LogP contribution is -2.52. The Bertz CT molecular complexity index is 1080. The van der Waals surface area contributed by atoms with Crippen LogP contribution in [0.25, 0.3) is 0 Å². The van der Waals surface area contributed by atoms with E-state index in [2.05, 4.69) is 5.32 Å². The summed E-state index contributed by atoms with van der Waals surface area (Å²) in [4.78, 5) is 28.1. The minimum Gasteiger partial charge on any atom is -0.352 e. The summed E-state index contributed by atoms with van der Waals surface area (Å²) in [5.74, 6) is -0.639. The Morgan fingerprint density at radius 3 is 2.32 bits per heavy atom. The summed E-state index contributed by atoms with van der Waals surface area (Å²) in [7, 11) is -3.72. The molecule has 8 heteroatoms. The van der Waals surface area contributed by atoms with Gasteiger partial charge in [0.1, 0.15) is 12.6 Å². The van der Waals surface area contributed by atoms with Gasteiger partial charge in [-0.15, -0.1) is 0 Å². The minimum absolute atomic E-state index is 0.122. The minimum atomic E-state index is -3.72.